The molecular formula is C9H10O2. The van der Waals surface area contributed by atoms with Crippen LogP contribution in [-0.2, 0) is 15.4 Å². The molecule has 1 aromatic rings. The second-order valence-electron chi connectivity index (χ2n) is 2.94. The van der Waals surface area contributed by atoms with Gasteiger partial charge in [-0.3, -0.25) is 0 Å². The lowest BCUT2D eigenvalue weighted by molar-refractivity contribution is -0.473. The van der Waals surface area contributed by atoms with Crippen LogP contribution in [0.25, 0.3) is 0 Å². The number of rotatable bonds is 1. The summed E-state index contributed by atoms with van der Waals surface area (Å²) in [5.41, 5.74) is 0.965. The summed E-state index contributed by atoms with van der Waals surface area (Å²) in [6, 6.07) is 10.1. The molecule has 0 aliphatic carbocycles. The number of hydrogen-bond donors (Lipinski definition) is 0. The normalized spacial score (nSPS) is 29.5. The first kappa shape index (κ1) is 6.83. The van der Waals surface area contributed by atoms with Crippen molar-refractivity contribution in [2.75, 3.05) is 6.61 Å². The van der Waals surface area contributed by atoms with E-state index in [1.165, 1.54) is 5.56 Å². The first-order valence-corrected chi connectivity index (χ1v) is 3.67. The van der Waals surface area contributed by atoms with Crippen LogP contribution < -0.4 is 0 Å². The van der Waals surface area contributed by atoms with Crippen LogP contribution in [0.2, 0.25) is 0 Å². The SMILES string of the molecule is CC1(c2ccccc2)COO1. The van der Waals surface area contributed by atoms with Crippen molar-refractivity contribution in [2.45, 2.75) is 12.5 Å². The molecule has 1 heterocycles. The predicted octanol–water partition coefficient (Wildman–Crippen LogP) is 1.86. The van der Waals surface area contributed by atoms with Crippen LogP contribution in [-0.4, -0.2) is 6.61 Å². The highest BCUT2D eigenvalue weighted by Crippen LogP contribution is 2.32. The topological polar surface area (TPSA) is 18.5 Å². The lowest BCUT2D eigenvalue weighted by Crippen LogP contribution is -2.41. The molecule has 0 saturated carbocycles. The van der Waals surface area contributed by atoms with E-state index >= 15 is 0 Å². The van der Waals surface area contributed by atoms with Gasteiger partial charge in [-0.25, -0.2) is 9.78 Å². The monoisotopic (exact) mass is 150 g/mol. The van der Waals surface area contributed by atoms with Crippen molar-refractivity contribution >= 4 is 0 Å². The molecule has 1 aromatic carbocycles. The van der Waals surface area contributed by atoms with Crippen LogP contribution in [0.3, 0.4) is 0 Å². The van der Waals surface area contributed by atoms with Crippen LogP contribution in [0.4, 0.5) is 0 Å². The van der Waals surface area contributed by atoms with E-state index in [9.17, 15) is 0 Å². The molecule has 0 amide bonds. The zero-order valence-electron chi connectivity index (χ0n) is 6.41. The largest absolute Gasteiger partial charge is 0.232 e. The van der Waals surface area contributed by atoms with Gasteiger partial charge in [-0.15, -0.1) is 0 Å². The molecule has 0 radical (unpaired) electrons. The maximum absolute atomic E-state index is 5.00. The Morgan fingerprint density at radius 3 is 2.36 bits per heavy atom. The Balaban J connectivity index is 2.29. The van der Waals surface area contributed by atoms with E-state index < -0.39 is 0 Å². The molecule has 0 spiro atoms. The van der Waals surface area contributed by atoms with E-state index in [0.717, 1.165) is 0 Å². The predicted molar refractivity (Wildman–Crippen MR) is 40.8 cm³/mol. The molecular weight excluding hydrogens is 140 g/mol. The van der Waals surface area contributed by atoms with Gasteiger partial charge in [0.05, 0.1) is 0 Å². The van der Waals surface area contributed by atoms with Crippen LogP contribution >= 0.6 is 0 Å². The first-order valence-electron chi connectivity index (χ1n) is 3.67. The average Bonchev–Trinajstić information content (AvgIpc) is 2.02. The van der Waals surface area contributed by atoms with Gasteiger partial charge in [0.15, 0.2) is 5.60 Å². The zero-order valence-corrected chi connectivity index (χ0v) is 6.41. The number of benzene rings is 1. The Morgan fingerprint density at radius 2 is 1.91 bits per heavy atom. The quantitative estimate of drug-likeness (QED) is 0.569. The van der Waals surface area contributed by atoms with Gasteiger partial charge in [-0.1, -0.05) is 30.3 Å². The van der Waals surface area contributed by atoms with Gasteiger partial charge in [0.1, 0.15) is 6.61 Å². The fraction of sp³-hybridized carbons (Fsp3) is 0.333. The minimum atomic E-state index is -0.207. The highest BCUT2D eigenvalue weighted by molar-refractivity contribution is 5.22. The molecule has 1 aliphatic heterocycles. The molecule has 0 aromatic heterocycles. The van der Waals surface area contributed by atoms with Gasteiger partial charge in [0.2, 0.25) is 0 Å². The van der Waals surface area contributed by atoms with Crippen molar-refractivity contribution < 1.29 is 9.78 Å². The summed E-state index contributed by atoms with van der Waals surface area (Å²) in [6.45, 7) is 2.67. The maximum atomic E-state index is 5.00. The van der Waals surface area contributed by atoms with Crippen molar-refractivity contribution in [2.24, 2.45) is 0 Å². The van der Waals surface area contributed by atoms with Crippen LogP contribution in [0.5, 0.6) is 0 Å². The highest BCUT2D eigenvalue weighted by Gasteiger charge is 2.37. The van der Waals surface area contributed by atoms with Gasteiger partial charge >= 0.3 is 0 Å². The third-order valence-corrected chi connectivity index (χ3v) is 1.96. The second kappa shape index (κ2) is 2.32. The summed E-state index contributed by atoms with van der Waals surface area (Å²) in [5.74, 6) is 0. The number of hydrogen-bond acceptors (Lipinski definition) is 2. The lowest BCUT2D eigenvalue weighted by Gasteiger charge is -2.36. The molecule has 11 heavy (non-hydrogen) atoms. The van der Waals surface area contributed by atoms with Crippen molar-refractivity contribution in [1.29, 1.82) is 0 Å². The standard InChI is InChI=1S/C9H10O2/c1-9(7-10-11-9)8-5-3-2-4-6-8/h2-6H,7H2,1H3. The summed E-state index contributed by atoms with van der Waals surface area (Å²) >= 11 is 0. The summed E-state index contributed by atoms with van der Waals surface area (Å²) in [5, 5.41) is 0. The smallest absolute Gasteiger partial charge is 0.152 e. The van der Waals surface area contributed by atoms with Crippen molar-refractivity contribution in [3.05, 3.63) is 35.9 Å². The molecule has 2 nitrogen and oxygen atoms in total. The van der Waals surface area contributed by atoms with E-state index in [1.807, 2.05) is 37.3 Å². The molecule has 2 rings (SSSR count). The molecule has 58 valence electrons. The molecule has 1 fully saturated rings. The summed E-state index contributed by atoms with van der Waals surface area (Å²) in [4.78, 5) is 9.70. The van der Waals surface area contributed by atoms with Crippen LogP contribution in [0, 0.1) is 0 Å². The third kappa shape index (κ3) is 1.04. The molecule has 1 atom stereocenters. The molecule has 1 aliphatic rings. The summed E-state index contributed by atoms with van der Waals surface area (Å²) < 4.78 is 0. The molecule has 1 unspecified atom stereocenters. The Hall–Kier alpha value is -0.860. The average molecular weight is 150 g/mol. The minimum Gasteiger partial charge on any atom is -0.232 e. The fourth-order valence-corrected chi connectivity index (χ4v) is 1.16. The highest BCUT2D eigenvalue weighted by atomic mass is 17.2. The fourth-order valence-electron chi connectivity index (χ4n) is 1.16. The first-order chi connectivity index (χ1) is 5.31. The van der Waals surface area contributed by atoms with Gasteiger partial charge in [-0.05, 0) is 12.5 Å². The molecule has 1 saturated heterocycles. The Labute approximate surface area is 65.7 Å². The van der Waals surface area contributed by atoms with Crippen molar-refractivity contribution in [3.63, 3.8) is 0 Å². The Bertz CT molecular complexity index is 239. The molecule has 0 N–H and O–H groups in total. The third-order valence-electron chi connectivity index (χ3n) is 1.96. The van der Waals surface area contributed by atoms with Gasteiger partial charge in [-0.2, -0.15) is 0 Å². The van der Waals surface area contributed by atoms with E-state index in [1.54, 1.807) is 0 Å². The van der Waals surface area contributed by atoms with Crippen molar-refractivity contribution in [1.82, 2.24) is 0 Å². The van der Waals surface area contributed by atoms with E-state index in [4.69, 9.17) is 9.78 Å². The van der Waals surface area contributed by atoms with E-state index in [-0.39, 0.29) is 5.60 Å². The Kier molecular flexibility index (Phi) is 1.44. The zero-order chi connectivity index (χ0) is 7.73. The van der Waals surface area contributed by atoms with Gasteiger partial charge in [0, 0.05) is 0 Å². The van der Waals surface area contributed by atoms with Gasteiger partial charge < -0.3 is 0 Å². The van der Waals surface area contributed by atoms with Gasteiger partial charge in [0.25, 0.3) is 0 Å². The summed E-state index contributed by atoms with van der Waals surface area (Å²) in [6.07, 6.45) is 0. The second-order valence-corrected chi connectivity index (χ2v) is 2.94. The molecule has 0 bridgehead atoms. The van der Waals surface area contributed by atoms with E-state index in [0.29, 0.717) is 6.61 Å². The van der Waals surface area contributed by atoms with Crippen LogP contribution in [0.1, 0.15) is 12.5 Å². The van der Waals surface area contributed by atoms with E-state index in [2.05, 4.69) is 0 Å². The Morgan fingerprint density at radius 1 is 1.27 bits per heavy atom. The lowest BCUT2D eigenvalue weighted by atomic mass is 9.96. The van der Waals surface area contributed by atoms with Crippen molar-refractivity contribution in [3.8, 4) is 0 Å². The van der Waals surface area contributed by atoms with Crippen LogP contribution in [0.15, 0.2) is 30.3 Å². The maximum Gasteiger partial charge on any atom is 0.152 e. The molecule has 2 heteroatoms. The minimum absolute atomic E-state index is 0.207. The summed E-state index contributed by atoms with van der Waals surface area (Å²) in [7, 11) is 0.